The van der Waals surface area contributed by atoms with Gasteiger partial charge in [0.25, 0.3) is 20.2 Å². The Balaban J connectivity index is 0.000000283. The summed E-state index contributed by atoms with van der Waals surface area (Å²) in [6, 6.07) is 21.8. The molecule has 0 aromatic heterocycles. The first-order valence-corrected chi connectivity index (χ1v) is 14.4. The van der Waals surface area contributed by atoms with E-state index < -0.39 is 26.3 Å². The Morgan fingerprint density at radius 3 is 1.51 bits per heavy atom. The molecule has 0 unspecified atom stereocenters. The van der Waals surface area contributed by atoms with E-state index in [1.54, 1.807) is 24.3 Å². The van der Waals surface area contributed by atoms with Crippen LogP contribution in [0, 0.1) is 13.8 Å². The van der Waals surface area contributed by atoms with E-state index in [1.807, 2.05) is 51.1 Å². The zero-order valence-corrected chi connectivity index (χ0v) is 22.8. The lowest BCUT2D eigenvalue weighted by molar-refractivity contribution is 0.142. The van der Waals surface area contributed by atoms with Gasteiger partial charge in [-0.3, -0.25) is 9.11 Å². The number of nitrogens with two attached hydrogens (primary N) is 1. The van der Waals surface area contributed by atoms with Gasteiger partial charge in [0.15, 0.2) is 0 Å². The van der Waals surface area contributed by atoms with Crippen LogP contribution in [0.3, 0.4) is 0 Å². The summed E-state index contributed by atoms with van der Waals surface area (Å²) in [4.78, 5) is -0.133. The predicted molar refractivity (Wildman–Crippen MR) is 145 cm³/mol. The summed E-state index contributed by atoms with van der Waals surface area (Å²) in [6.45, 7) is 7.11. The molecular weight excluding hydrogens is 516 g/mol. The zero-order valence-electron chi connectivity index (χ0n) is 21.2. The van der Waals surface area contributed by atoms with Crippen molar-refractivity contribution in [3.8, 4) is 0 Å². The number of aliphatic hydroxyl groups is 1. The molecule has 6 N–H and O–H groups in total. The van der Waals surface area contributed by atoms with Crippen LogP contribution in [-0.4, -0.2) is 56.3 Å². The molecule has 0 radical (unpaired) electrons. The molecule has 0 fully saturated rings. The van der Waals surface area contributed by atoms with Crippen LogP contribution in [0.5, 0.6) is 0 Å². The molecule has 204 valence electrons. The second-order valence-electron chi connectivity index (χ2n) is 8.30. The number of aliphatic hydroxyl groups excluding tert-OH is 1. The van der Waals surface area contributed by atoms with Gasteiger partial charge >= 0.3 is 0 Å². The molecular formula is C26H36N2O7S2. The van der Waals surface area contributed by atoms with Crippen molar-refractivity contribution in [3.63, 3.8) is 0 Å². The first-order chi connectivity index (χ1) is 17.2. The van der Waals surface area contributed by atoms with Gasteiger partial charge in [-0.15, -0.1) is 0 Å². The normalized spacial score (nSPS) is 12.8. The van der Waals surface area contributed by atoms with E-state index in [0.717, 1.165) is 17.7 Å². The lowest BCUT2D eigenvalue weighted by Gasteiger charge is -2.19. The van der Waals surface area contributed by atoms with Crippen LogP contribution in [0.2, 0.25) is 0 Å². The van der Waals surface area contributed by atoms with Crippen LogP contribution in [-0.2, 0) is 26.7 Å². The summed E-state index contributed by atoms with van der Waals surface area (Å²) in [5.74, 6) is 0. The first-order valence-electron chi connectivity index (χ1n) is 11.5. The van der Waals surface area contributed by atoms with Gasteiger partial charge in [-0.25, -0.2) is 0 Å². The van der Waals surface area contributed by atoms with Crippen molar-refractivity contribution in [2.45, 2.75) is 49.1 Å². The fourth-order valence-corrected chi connectivity index (χ4v) is 3.85. The molecule has 3 aromatic rings. The van der Waals surface area contributed by atoms with Crippen LogP contribution in [0.15, 0.2) is 88.7 Å². The topological polar surface area (TPSA) is 167 Å². The van der Waals surface area contributed by atoms with Crippen molar-refractivity contribution in [3.05, 3.63) is 95.6 Å². The largest absolute Gasteiger partial charge is 0.390 e. The molecule has 0 aliphatic rings. The number of rotatable bonds is 8. The van der Waals surface area contributed by atoms with Crippen molar-refractivity contribution < 1.29 is 31.0 Å². The monoisotopic (exact) mass is 552 g/mol. The second-order valence-corrected chi connectivity index (χ2v) is 11.1. The molecule has 0 heterocycles. The van der Waals surface area contributed by atoms with Gasteiger partial charge < -0.3 is 16.2 Å². The summed E-state index contributed by atoms with van der Waals surface area (Å²) in [6.07, 6.45) is 0.234. The Morgan fingerprint density at radius 2 is 1.16 bits per heavy atom. The van der Waals surface area contributed by atoms with E-state index in [9.17, 15) is 21.9 Å². The third-order valence-electron chi connectivity index (χ3n) is 5.05. The Labute approximate surface area is 219 Å². The van der Waals surface area contributed by atoms with Crippen LogP contribution < -0.4 is 11.1 Å². The van der Waals surface area contributed by atoms with E-state index in [1.165, 1.54) is 29.8 Å². The molecule has 0 aliphatic heterocycles. The van der Waals surface area contributed by atoms with Crippen LogP contribution >= 0.6 is 0 Å². The SMILES string of the molecule is CCNC[C@@H](O)[C@@H](N)Cc1ccccc1.Cc1ccc(S(=O)(=O)O)cc1.Cc1ccc(S(=O)(=O)O)cc1. The van der Waals surface area contributed by atoms with Crippen molar-refractivity contribution in [2.24, 2.45) is 5.73 Å². The maximum Gasteiger partial charge on any atom is 0.294 e. The molecule has 2 atom stereocenters. The number of hydrogen-bond acceptors (Lipinski definition) is 7. The quantitative estimate of drug-likeness (QED) is 0.264. The number of likely N-dealkylation sites (N-methyl/N-ethyl adjacent to an activating group) is 1. The molecule has 9 nitrogen and oxygen atoms in total. The van der Waals surface area contributed by atoms with Crippen LogP contribution in [0.4, 0.5) is 0 Å². The lowest BCUT2D eigenvalue weighted by Crippen LogP contribution is -2.43. The fraction of sp³-hybridized carbons (Fsp3) is 0.308. The van der Waals surface area contributed by atoms with Crippen LogP contribution in [0.1, 0.15) is 23.6 Å². The molecule has 0 saturated carbocycles. The van der Waals surface area contributed by atoms with Gasteiger partial charge in [0, 0.05) is 12.6 Å². The van der Waals surface area contributed by atoms with Gasteiger partial charge in [0.05, 0.1) is 15.9 Å². The zero-order chi connectivity index (χ0) is 28.1. The van der Waals surface area contributed by atoms with Crippen molar-refractivity contribution in [1.82, 2.24) is 5.32 Å². The molecule has 3 rings (SSSR count). The van der Waals surface area contributed by atoms with Crippen molar-refractivity contribution >= 4 is 20.2 Å². The molecule has 0 spiro atoms. The standard InChI is InChI=1S/C12H20N2O.2C7H8O3S/c1-2-14-9-12(15)11(13)8-10-6-4-3-5-7-10;2*1-6-2-4-7(5-3-6)11(8,9)10/h3-7,11-12,14-15H,2,8-9,13H2,1H3;2*2-5H,1H3,(H,8,9,10)/t11-,12+;;/m0../s1. The molecule has 11 heteroatoms. The second kappa shape index (κ2) is 15.6. The highest BCUT2D eigenvalue weighted by molar-refractivity contribution is 7.86. The average molecular weight is 553 g/mol. The van der Waals surface area contributed by atoms with Crippen molar-refractivity contribution in [1.29, 1.82) is 0 Å². The van der Waals surface area contributed by atoms with E-state index in [0.29, 0.717) is 13.0 Å². The number of nitrogens with one attached hydrogen (secondary N) is 1. The minimum atomic E-state index is -4.02. The summed E-state index contributed by atoms with van der Waals surface area (Å²) < 4.78 is 59.1. The summed E-state index contributed by atoms with van der Waals surface area (Å²) in [5.41, 5.74) is 8.98. The Kier molecular flexibility index (Phi) is 13.6. The Bertz CT molecular complexity index is 1190. The summed E-state index contributed by atoms with van der Waals surface area (Å²) >= 11 is 0. The van der Waals surface area contributed by atoms with Crippen LogP contribution in [0.25, 0.3) is 0 Å². The molecule has 37 heavy (non-hydrogen) atoms. The number of benzene rings is 3. The minimum absolute atomic E-state index is 0.0666. The number of aryl methyl sites for hydroxylation is 2. The Hall–Kier alpha value is -2.64. The lowest BCUT2D eigenvalue weighted by atomic mass is 10.0. The Morgan fingerprint density at radius 1 is 0.757 bits per heavy atom. The molecule has 0 saturated heterocycles. The maximum atomic E-state index is 10.5. The van der Waals surface area contributed by atoms with Gasteiger partial charge in [-0.1, -0.05) is 72.6 Å². The van der Waals surface area contributed by atoms with Gasteiger partial charge in [-0.2, -0.15) is 16.8 Å². The average Bonchev–Trinajstić information content (AvgIpc) is 2.83. The molecule has 0 bridgehead atoms. The molecule has 0 amide bonds. The van der Waals surface area contributed by atoms with E-state index in [-0.39, 0.29) is 15.8 Å². The third kappa shape index (κ3) is 13.5. The van der Waals surface area contributed by atoms with E-state index in [2.05, 4.69) is 5.32 Å². The highest BCUT2D eigenvalue weighted by Gasteiger charge is 2.14. The fourth-order valence-electron chi connectivity index (χ4n) is 2.89. The minimum Gasteiger partial charge on any atom is -0.390 e. The smallest absolute Gasteiger partial charge is 0.294 e. The predicted octanol–water partition coefficient (Wildman–Crippen LogP) is 3.01. The van der Waals surface area contributed by atoms with E-state index >= 15 is 0 Å². The third-order valence-corrected chi connectivity index (χ3v) is 6.79. The van der Waals surface area contributed by atoms with E-state index in [4.69, 9.17) is 14.8 Å². The molecule has 0 aliphatic carbocycles. The maximum absolute atomic E-state index is 10.5. The van der Waals surface area contributed by atoms with Gasteiger partial charge in [-0.05, 0) is 56.6 Å². The summed E-state index contributed by atoms with van der Waals surface area (Å²) in [7, 11) is -8.04. The molecule has 3 aromatic carbocycles. The van der Waals surface area contributed by atoms with Gasteiger partial charge in [0.2, 0.25) is 0 Å². The van der Waals surface area contributed by atoms with Crippen molar-refractivity contribution in [2.75, 3.05) is 13.1 Å². The summed E-state index contributed by atoms with van der Waals surface area (Å²) in [5, 5.41) is 12.8. The highest BCUT2D eigenvalue weighted by Crippen LogP contribution is 2.09. The van der Waals surface area contributed by atoms with Gasteiger partial charge in [0.1, 0.15) is 0 Å². The number of hydrogen-bond donors (Lipinski definition) is 5. The highest BCUT2D eigenvalue weighted by atomic mass is 32.2. The first kappa shape index (κ1) is 32.4.